The van der Waals surface area contributed by atoms with Gasteiger partial charge in [0.15, 0.2) is 0 Å². The van der Waals surface area contributed by atoms with E-state index in [-0.39, 0.29) is 86.9 Å². The summed E-state index contributed by atoms with van der Waals surface area (Å²) in [6, 6.07) is 0. The molecular formula is C121H253N3O15S. The van der Waals surface area contributed by atoms with Crippen LogP contribution in [0.3, 0.4) is 0 Å². The van der Waals surface area contributed by atoms with Gasteiger partial charge in [0.1, 0.15) is 17.7 Å². The average molecular weight is 2020 g/mol. The van der Waals surface area contributed by atoms with Crippen molar-refractivity contribution in [2.75, 3.05) is 84.4 Å². The van der Waals surface area contributed by atoms with Crippen LogP contribution in [0.15, 0.2) is 0 Å². The SMILES string of the molecule is CC(C)(C)CCCNC(C)(C)C.CC(C)(C)CCCOC(C)(C)C.CC(C)(C)CCCOCCCC(C)(C)C.CC(C)(C)CCCSCCCC(C)(C)C.CC(C)(C)OCC(O)COC(C)(C)C.CC(C)(C)OCCCNC(=O)C(C)(C)C.CC(C)C(=O)CCCCCCCC(=O)C(C)C.CC(C)CC(=O)OC(C)C.CC(OC(=O)C(C)C)OC(=O)C(C)C.CN(CCCC(C)(C)C)CCCC(C)(C)C. The summed E-state index contributed by atoms with van der Waals surface area (Å²) >= 11 is 2.13. The number of unbranched alkanes of at least 4 members (excludes halogenated alkanes) is 4. The fraction of sp³-hybridized carbons (Fsp3) is 0.950. The van der Waals surface area contributed by atoms with Crippen molar-refractivity contribution >= 4 is 47.1 Å². The molecule has 0 spiro atoms. The van der Waals surface area contributed by atoms with Crippen molar-refractivity contribution in [1.29, 1.82) is 0 Å². The van der Waals surface area contributed by atoms with E-state index in [1.807, 2.05) is 138 Å². The van der Waals surface area contributed by atoms with Gasteiger partial charge < -0.3 is 58.5 Å². The normalized spacial score (nSPS) is 12.6. The van der Waals surface area contributed by atoms with Crippen LogP contribution in [-0.4, -0.2) is 176 Å². The van der Waals surface area contributed by atoms with Crippen molar-refractivity contribution in [1.82, 2.24) is 15.5 Å². The summed E-state index contributed by atoms with van der Waals surface area (Å²) < 4.78 is 42.3. The van der Waals surface area contributed by atoms with E-state index in [2.05, 4.69) is 242 Å². The standard InChI is InChI=1S/C15H33N.C15H28O2.C14H30O.C14H30S.C12H25NO2.C11H25N.C11H24O3.C11H24O.C10H18O4.C8H16O2/c1-14(2,3)10-8-12-16(7)13-9-11-15(4,5)6;1-12(2)14(16)10-8-6-5-7-9-11-15(17)13(3)4;2*1-13(2,3)9-7-11-15-12-8-10-14(4,5)6;1-11(2,3)10(14)13-8-7-9-15-12(4,5)6;1-10(2,3)8-7-9-12-11(4,5)6;1-10(2,3)13-7-9(12)8-14-11(4,5)6;1-10(2,3)8-7-9-12-11(4,5)6;1-6(2)9(11)13-8(5)14-10(12)7(3)4;1-6(2)5-8(9)10-7(3)4/h8-13H2,1-7H3;12-13H,5-11H2,1-4H3;2*7-12H2,1-6H3;7-9H2,1-6H3,(H,13,14);12H,7-9H2,1-6H3;9,12H,7-8H2,1-6H3;7-9H2,1-6H3;6-8H,1-5H3;6-7H,5H2,1-4H3. The van der Waals surface area contributed by atoms with Gasteiger partial charge in [0, 0.05) is 81.9 Å². The van der Waals surface area contributed by atoms with E-state index < -0.39 is 12.4 Å². The zero-order valence-electron chi connectivity index (χ0n) is 105. The largest absolute Gasteiger partial charge is 0.463 e. The minimum absolute atomic E-state index is 0.0197. The van der Waals surface area contributed by atoms with Crippen molar-refractivity contribution in [3.63, 3.8) is 0 Å². The van der Waals surface area contributed by atoms with Crippen LogP contribution in [0.2, 0.25) is 0 Å². The number of aliphatic hydroxyl groups excluding tert-OH is 1. The number of ether oxygens (including phenoxy) is 8. The van der Waals surface area contributed by atoms with Crippen LogP contribution in [-0.2, 0) is 66.7 Å². The molecule has 0 heterocycles. The van der Waals surface area contributed by atoms with E-state index in [9.17, 15) is 33.9 Å². The van der Waals surface area contributed by atoms with Gasteiger partial charge in [-0.25, -0.2) is 0 Å². The number of Topliss-reactive ketones (excluding diaryl/α,β-unsaturated/α-hetero) is 2. The molecule has 0 aromatic heterocycles. The Kier molecular flexibility index (Phi) is 92.3. The predicted octanol–water partition coefficient (Wildman–Crippen LogP) is 33.6. The molecule has 1 amide bonds. The van der Waals surface area contributed by atoms with Gasteiger partial charge in [-0.1, -0.05) is 275 Å². The first-order valence-corrected chi connectivity index (χ1v) is 56.4. The number of esters is 3. The van der Waals surface area contributed by atoms with Gasteiger partial charge in [-0.15, -0.1) is 0 Å². The molecule has 0 saturated carbocycles. The predicted molar refractivity (Wildman–Crippen MR) is 613 cm³/mol. The highest BCUT2D eigenvalue weighted by Gasteiger charge is 2.25. The second-order valence-corrected chi connectivity index (χ2v) is 57.9. The molecule has 0 radical (unpaired) electrons. The first-order chi connectivity index (χ1) is 62.5. The van der Waals surface area contributed by atoms with Gasteiger partial charge in [0.05, 0.1) is 53.6 Å². The van der Waals surface area contributed by atoms with Crippen LogP contribution in [0.5, 0.6) is 0 Å². The van der Waals surface area contributed by atoms with Gasteiger partial charge in [-0.05, 0) is 327 Å². The molecule has 19 heteroatoms. The van der Waals surface area contributed by atoms with Crippen LogP contribution in [0.25, 0.3) is 0 Å². The number of nitrogens with one attached hydrogen (secondary N) is 2. The third-order valence-corrected chi connectivity index (χ3v) is 21.1. The lowest BCUT2D eigenvalue weighted by Crippen LogP contribution is -2.36. The number of carbonyl (C=O) groups excluding carboxylic acids is 6. The molecule has 0 bridgehead atoms. The Morgan fingerprint density at radius 3 is 0.879 bits per heavy atom. The monoisotopic (exact) mass is 2020 g/mol. The summed E-state index contributed by atoms with van der Waals surface area (Å²) in [7, 11) is 2.26. The summed E-state index contributed by atoms with van der Waals surface area (Å²) in [5.74, 6) is 3.04. The van der Waals surface area contributed by atoms with Crippen LogP contribution in [0, 0.1) is 78.3 Å². The molecule has 0 aliphatic rings. The molecule has 0 aliphatic heterocycles. The number of nitrogens with zero attached hydrogens (tertiary/aromatic N) is 1. The highest BCUT2D eigenvalue weighted by molar-refractivity contribution is 7.99. The minimum atomic E-state index is -0.806. The minimum Gasteiger partial charge on any atom is -0.463 e. The lowest BCUT2D eigenvalue weighted by molar-refractivity contribution is -0.189. The highest BCUT2D eigenvalue weighted by Crippen LogP contribution is 2.29. The lowest BCUT2D eigenvalue weighted by Gasteiger charge is -2.25. The zero-order chi connectivity index (χ0) is 113. The van der Waals surface area contributed by atoms with E-state index in [0.29, 0.717) is 93.6 Å². The third kappa shape index (κ3) is 163. The van der Waals surface area contributed by atoms with E-state index >= 15 is 0 Å². The summed E-state index contributed by atoms with van der Waals surface area (Å²) in [4.78, 5) is 69.7. The van der Waals surface area contributed by atoms with Gasteiger partial charge in [-0.2, -0.15) is 11.8 Å². The fourth-order valence-corrected chi connectivity index (χ4v) is 12.5. The van der Waals surface area contributed by atoms with Crippen molar-refractivity contribution in [2.24, 2.45) is 78.3 Å². The first kappa shape index (κ1) is 157. The van der Waals surface area contributed by atoms with E-state index in [0.717, 1.165) is 77.7 Å². The molecule has 0 aliphatic carbocycles. The number of thioether (sulfide) groups is 1. The van der Waals surface area contributed by atoms with Gasteiger partial charge in [0.2, 0.25) is 12.2 Å². The van der Waals surface area contributed by atoms with Gasteiger partial charge in [0.25, 0.3) is 0 Å². The number of hydrogen-bond acceptors (Lipinski definition) is 18. The molecule has 3 N–H and O–H groups in total. The second-order valence-electron chi connectivity index (χ2n) is 56.7. The maximum atomic E-state index is 11.5. The van der Waals surface area contributed by atoms with Gasteiger partial charge >= 0.3 is 17.9 Å². The zero-order valence-corrected chi connectivity index (χ0v) is 106. The summed E-state index contributed by atoms with van der Waals surface area (Å²) in [6.07, 6.45) is 27.6. The first-order valence-electron chi connectivity index (χ1n) is 55.2. The number of ketones is 2. The van der Waals surface area contributed by atoms with Crippen LogP contribution in [0.1, 0.15) is 541 Å². The van der Waals surface area contributed by atoms with Crippen molar-refractivity contribution in [3.8, 4) is 0 Å². The van der Waals surface area contributed by atoms with E-state index in [1.54, 1.807) is 27.7 Å². The molecule has 0 rings (SSSR count). The molecule has 848 valence electrons. The highest BCUT2D eigenvalue weighted by atomic mass is 32.2. The number of hydrogen-bond donors (Lipinski definition) is 3. The van der Waals surface area contributed by atoms with Crippen LogP contribution in [0.4, 0.5) is 0 Å². The topological polar surface area (TPSA) is 224 Å². The Labute approximate surface area is 879 Å². The molecular weight excluding hydrogens is 1770 g/mol. The Morgan fingerprint density at radius 1 is 0.321 bits per heavy atom. The smallest absolute Gasteiger partial charge is 0.311 e. The van der Waals surface area contributed by atoms with Crippen LogP contribution >= 0.6 is 11.8 Å². The number of rotatable bonds is 49. The molecule has 0 aromatic rings. The second kappa shape index (κ2) is 82.1. The molecule has 140 heavy (non-hydrogen) atoms. The quantitative estimate of drug-likeness (QED) is 0.0292. The van der Waals surface area contributed by atoms with Crippen molar-refractivity contribution < 1.29 is 71.8 Å². The Balaban J connectivity index is -0.000000168. The molecule has 0 unspecified atom stereocenters. The maximum Gasteiger partial charge on any atom is 0.311 e. The third-order valence-electron chi connectivity index (χ3n) is 20.0. The Hall–Kier alpha value is -2.75. The summed E-state index contributed by atoms with van der Waals surface area (Å²) in [5.41, 5.74) is 3.36. The molecule has 0 fully saturated rings. The van der Waals surface area contributed by atoms with Gasteiger partial charge in [-0.3, -0.25) is 28.8 Å². The van der Waals surface area contributed by atoms with E-state index in [1.165, 1.54) is 134 Å². The Morgan fingerprint density at radius 2 is 0.607 bits per heavy atom. The van der Waals surface area contributed by atoms with Crippen LogP contribution < -0.4 is 10.6 Å². The number of amides is 1. The van der Waals surface area contributed by atoms with Crippen molar-refractivity contribution in [2.45, 2.75) is 588 Å². The molecule has 18 nitrogen and oxygen atoms in total. The fourth-order valence-electron chi connectivity index (χ4n) is 11.6. The van der Waals surface area contributed by atoms with E-state index in [4.69, 9.17) is 37.9 Å². The molecule has 0 saturated heterocycles. The summed E-state index contributed by atoms with van der Waals surface area (Å²) in [5, 5.41) is 15.9. The van der Waals surface area contributed by atoms with Crippen molar-refractivity contribution in [3.05, 3.63) is 0 Å². The summed E-state index contributed by atoms with van der Waals surface area (Å²) in [6.45, 7) is 124. The number of aliphatic hydroxyl groups is 1. The maximum absolute atomic E-state index is 11.5. The lowest BCUT2D eigenvalue weighted by atomic mass is 9.90. The average Bonchev–Trinajstić information content (AvgIpc) is 0.911. The molecule has 0 aromatic carbocycles. The molecule has 0 atom stereocenters. The Bertz CT molecular complexity index is 2660. The number of carbonyl (C=O) groups is 6.